The fraction of sp³-hybridized carbons (Fsp3) is 0.154. The van der Waals surface area contributed by atoms with Crippen LogP contribution in [0.3, 0.4) is 0 Å². The van der Waals surface area contributed by atoms with E-state index in [1.807, 2.05) is 24.3 Å². The minimum absolute atomic E-state index is 0.0913. The topological polar surface area (TPSA) is 83.9 Å². The lowest BCUT2D eigenvalue weighted by atomic mass is 10.1. The van der Waals surface area contributed by atoms with E-state index in [0.29, 0.717) is 29.1 Å². The van der Waals surface area contributed by atoms with E-state index in [1.165, 1.54) is 0 Å². The zero-order chi connectivity index (χ0) is 13.9. The zero-order valence-corrected chi connectivity index (χ0v) is 11.1. The summed E-state index contributed by atoms with van der Waals surface area (Å²) in [6, 6.07) is 7.40. The molecular weight excluding hydrogens is 280 g/mol. The van der Waals surface area contributed by atoms with E-state index >= 15 is 0 Å². The van der Waals surface area contributed by atoms with Crippen LogP contribution in [0.25, 0.3) is 11.0 Å². The maximum atomic E-state index is 8.88. The molecule has 0 atom stereocenters. The minimum atomic E-state index is 0.0913. The Balaban J connectivity index is 1.90. The van der Waals surface area contributed by atoms with Crippen LogP contribution in [0, 0.1) is 0 Å². The van der Waals surface area contributed by atoms with Gasteiger partial charge < -0.3 is 9.84 Å². The summed E-state index contributed by atoms with van der Waals surface area (Å²) in [5.74, 6) is 0.979. The van der Waals surface area contributed by atoms with Gasteiger partial charge in [0.15, 0.2) is 5.65 Å². The van der Waals surface area contributed by atoms with Gasteiger partial charge in [0.25, 0.3) is 0 Å². The third kappa shape index (κ3) is 2.56. The average Bonchev–Trinajstić information content (AvgIpc) is 2.89. The molecule has 102 valence electrons. The SMILES string of the molecule is OCCc1ccc(Oc2nc(Cl)nc3[nH]ncc23)cc1. The van der Waals surface area contributed by atoms with Gasteiger partial charge in [0.2, 0.25) is 11.2 Å². The van der Waals surface area contributed by atoms with E-state index in [0.717, 1.165) is 5.56 Å². The molecule has 0 saturated carbocycles. The van der Waals surface area contributed by atoms with Gasteiger partial charge in [0.1, 0.15) is 11.1 Å². The van der Waals surface area contributed by atoms with Gasteiger partial charge in [-0.3, -0.25) is 5.10 Å². The fourth-order valence-electron chi connectivity index (χ4n) is 1.83. The molecule has 0 aliphatic rings. The molecule has 7 heteroatoms. The number of aliphatic hydroxyl groups is 1. The molecule has 1 aromatic carbocycles. The lowest BCUT2D eigenvalue weighted by molar-refractivity contribution is 0.299. The highest BCUT2D eigenvalue weighted by molar-refractivity contribution is 6.28. The second-order valence-electron chi connectivity index (χ2n) is 4.15. The van der Waals surface area contributed by atoms with Crippen molar-refractivity contribution in [2.45, 2.75) is 6.42 Å². The number of hydrogen-bond acceptors (Lipinski definition) is 5. The van der Waals surface area contributed by atoms with Gasteiger partial charge in [-0.15, -0.1) is 0 Å². The maximum Gasteiger partial charge on any atom is 0.234 e. The first-order chi connectivity index (χ1) is 9.76. The van der Waals surface area contributed by atoms with Crippen molar-refractivity contribution in [3.8, 4) is 11.6 Å². The summed E-state index contributed by atoms with van der Waals surface area (Å²) in [4.78, 5) is 8.06. The lowest BCUT2D eigenvalue weighted by Gasteiger charge is -2.06. The molecular formula is C13H11ClN4O2. The molecule has 0 radical (unpaired) electrons. The standard InChI is InChI=1S/C13H11ClN4O2/c14-13-16-11-10(7-15-18-11)12(17-13)20-9-3-1-8(2-4-9)5-6-19/h1-4,7,19H,5-6H2,(H,15,16,17,18). The molecule has 0 aliphatic heterocycles. The largest absolute Gasteiger partial charge is 0.438 e. The van der Waals surface area contributed by atoms with Gasteiger partial charge in [0.05, 0.1) is 6.20 Å². The predicted octanol–water partition coefficient (Wildman–Crippen LogP) is 2.33. The summed E-state index contributed by atoms with van der Waals surface area (Å²) in [6.45, 7) is 0.122. The van der Waals surface area contributed by atoms with Gasteiger partial charge in [-0.1, -0.05) is 12.1 Å². The van der Waals surface area contributed by atoms with Crippen LogP contribution in [0.5, 0.6) is 11.6 Å². The van der Waals surface area contributed by atoms with Crippen molar-refractivity contribution in [1.29, 1.82) is 0 Å². The first-order valence-corrected chi connectivity index (χ1v) is 6.38. The molecule has 0 saturated heterocycles. The fourth-order valence-corrected chi connectivity index (χ4v) is 1.99. The minimum Gasteiger partial charge on any atom is -0.438 e. The van der Waals surface area contributed by atoms with E-state index < -0.39 is 0 Å². The number of benzene rings is 1. The van der Waals surface area contributed by atoms with Crippen molar-refractivity contribution in [2.75, 3.05) is 6.61 Å². The van der Waals surface area contributed by atoms with E-state index in [2.05, 4.69) is 20.2 Å². The predicted molar refractivity (Wildman–Crippen MR) is 74.0 cm³/mol. The van der Waals surface area contributed by atoms with Crippen molar-refractivity contribution < 1.29 is 9.84 Å². The summed E-state index contributed by atoms with van der Waals surface area (Å²) < 4.78 is 5.71. The molecule has 0 amide bonds. The van der Waals surface area contributed by atoms with Gasteiger partial charge in [0, 0.05) is 6.61 Å². The summed E-state index contributed by atoms with van der Waals surface area (Å²) in [7, 11) is 0. The third-order valence-electron chi connectivity index (χ3n) is 2.79. The number of hydrogen-bond donors (Lipinski definition) is 2. The Kier molecular flexibility index (Phi) is 3.49. The Labute approximate surface area is 119 Å². The number of aromatic nitrogens is 4. The van der Waals surface area contributed by atoms with Gasteiger partial charge in [-0.2, -0.15) is 15.1 Å². The second-order valence-corrected chi connectivity index (χ2v) is 4.49. The Morgan fingerprint density at radius 2 is 2.00 bits per heavy atom. The third-order valence-corrected chi connectivity index (χ3v) is 2.95. The van der Waals surface area contributed by atoms with Crippen molar-refractivity contribution in [3.05, 3.63) is 41.3 Å². The van der Waals surface area contributed by atoms with Crippen LogP contribution in [-0.2, 0) is 6.42 Å². The number of H-pyrrole nitrogens is 1. The summed E-state index contributed by atoms with van der Waals surface area (Å²) in [5.41, 5.74) is 1.56. The monoisotopic (exact) mass is 290 g/mol. The molecule has 2 aromatic heterocycles. The Morgan fingerprint density at radius 3 is 2.75 bits per heavy atom. The Bertz CT molecular complexity index is 727. The van der Waals surface area contributed by atoms with Crippen LogP contribution < -0.4 is 4.74 Å². The van der Waals surface area contributed by atoms with Crippen LogP contribution in [0.2, 0.25) is 5.28 Å². The van der Waals surface area contributed by atoms with Crippen molar-refractivity contribution in [3.63, 3.8) is 0 Å². The summed E-state index contributed by atoms with van der Waals surface area (Å²) >= 11 is 5.84. The first kappa shape index (κ1) is 12.8. The number of rotatable bonds is 4. The van der Waals surface area contributed by atoms with E-state index in [1.54, 1.807) is 6.20 Å². The lowest BCUT2D eigenvalue weighted by Crippen LogP contribution is -1.93. The van der Waals surface area contributed by atoms with Crippen LogP contribution in [0.4, 0.5) is 0 Å². The van der Waals surface area contributed by atoms with Crippen molar-refractivity contribution >= 4 is 22.6 Å². The number of aromatic amines is 1. The van der Waals surface area contributed by atoms with Crippen LogP contribution in [0.15, 0.2) is 30.5 Å². The molecule has 3 aromatic rings. The number of nitrogens with one attached hydrogen (secondary N) is 1. The summed E-state index contributed by atoms with van der Waals surface area (Å²) in [5, 5.41) is 16.2. The normalized spacial score (nSPS) is 10.9. The number of ether oxygens (including phenoxy) is 1. The molecule has 0 unspecified atom stereocenters. The molecule has 3 rings (SSSR count). The molecule has 0 spiro atoms. The molecule has 0 fully saturated rings. The first-order valence-electron chi connectivity index (χ1n) is 6.00. The van der Waals surface area contributed by atoms with Crippen LogP contribution in [0.1, 0.15) is 5.56 Å². The van der Waals surface area contributed by atoms with Crippen molar-refractivity contribution in [1.82, 2.24) is 20.2 Å². The van der Waals surface area contributed by atoms with E-state index in [-0.39, 0.29) is 11.9 Å². The van der Waals surface area contributed by atoms with E-state index in [9.17, 15) is 0 Å². The molecule has 20 heavy (non-hydrogen) atoms. The van der Waals surface area contributed by atoms with E-state index in [4.69, 9.17) is 21.4 Å². The highest BCUT2D eigenvalue weighted by Crippen LogP contribution is 2.27. The summed E-state index contributed by atoms with van der Waals surface area (Å²) in [6.07, 6.45) is 2.20. The highest BCUT2D eigenvalue weighted by Gasteiger charge is 2.10. The molecule has 0 bridgehead atoms. The number of aliphatic hydroxyl groups excluding tert-OH is 1. The second kappa shape index (κ2) is 5.44. The molecule has 2 N–H and O–H groups in total. The van der Waals surface area contributed by atoms with Gasteiger partial charge in [-0.05, 0) is 35.7 Å². The molecule has 0 aliphatic carbocycles. The van der Waals surface area contributed by atoms with Crippen LogP contribution in [-0.4, -0.2) is 31.9 Å². The molecule has 2 heterocycles. The van der Waals surface area contributed by atoms with Crippen LogP contribution >= 0.6 is 11.6 Å². The Morgan fingerprint density at radius 1 is 1.20 bits per heavy atom. The highest BCUT2D eigenvalue weighted by atomic mass is 35.5. The quantitative estimate of drug-likeness (QED) is 0.721. The Hall–Kier alpha value is -2.18. The number of halogens is 1. The smallest absolute Gasteiger partial charge is 0.234 e. The average molecular weight is 291 g/mol. The molecule has 6 nitrogen and oxygen atoms in total. The number of nitrogens with zero attached hydrogens (tertiary/aromatic N) is 3. The van der Waals surface area contributed by atoms with Gasteiger partial charge >= 0.3 is 0 Å². The zero-order valence-electron chi connectivity index (χ0n) is 10.4. The number of fused-ring (bicyclic) bond motifs is 1. The van der Waals surface area contributed by atoms with Gasteiger partial charge in [-0.25, -0.2) is 0 Å². The van der Waals surface area contributed by atoms with Crippen molar-refractivity contribution in [2.24, 2.45) is 0 Å². The maximum absolute atomic E-state index is 8.88.